The molecule has 0 aromatic carbocycles. The summed E-state index contributed by atoms with van der Waals surface area (Å²) in [4.78, 5) is 8.09. The van der Waals surface area contributed by atoms with E-state index in [9.17, 15) is 0 Å². The van der Waals surface area contributed by atoms with Crippen LogP contribution >= 0.6 is 11.6 Å². The Hall–Kier alpha value is -0.670. The lowest BCUT2D eigenvalue weighted by molar-refractivity contribution is 0.572. The molecule has 1 aromatic heterocycles. The molecule has 0 saturated carbocycles. The van der Waals surface area contributed by atoms with Crippen molar-refractivity contribution in [3.05, 3.63) is 23.2 Å². The molecule has 0 fully saturated rings. The first-order valence-electron chi connectivity index (χ1n) is 3.88. The molecule has 1 heterocycles. The second-order valence-corrected chi connectivity index (χ2v) is 3.29. The van der Waals surface area contributed by atoms with E-state index in [0.29, 0.717) is 17.6 Å². The van der Waals surface area contributed by atoms with Crippen LogP contribution in [0.1, 0.15) is 19.7 Å². The summed E-state index contributed by atoms with van der Waals surface area (Å²) in [5, 5.41) is 3.79. The minimum Gasteiger partial charge on any atom is -0.308 e. The highest BCUT2D eigenvalue weighted by molar-refractivity contribution is 6.30. The van der Waals surface area contributed by atoms with Gasteiger partial charge in [-0.2, -0.15) is 0 Å². The number of nitrogens with one attached hydrogen (secondary N) is 1. The van der Waals surface area contributed by atoms with Gasteiger partial charge in [0.05, 0.1) is 11.6 Å². The van der Waals surface area contributed by atoms with Gasteiger partial charge in [-0.1, -0.05) is 25.4 Å². The van der Waals surface area contributed by atoms with Crippen LogP contribution in [0.2, 0.25) is 5.02 Å². The van der Waals surface area contributed by atoms with E-state index in [2.05, 4.69) is 29.1 Å². The molecular weight excluding hydrogens is 174 g/mol. The molecule has 0 atom stereocenters. The van der Waals surface area contributed by atoms with Crippen LogP contribution in [-0.4, -0.2) is 16.0 Å². The highest BCUT2D eigenvalue weighted by Crippen LogP contribution is 2.02. The molecule has 3 nitrogen and oxygen atoms in total. The number of hydrogen-bond acceptors (Lipinski definition) is 3. The lowest BCUT2D eigenvalue weighted by Crippen LogP contribution is -2.22. The third-order valence-electron chi connectivity index (χ3n) is 1.34. The third-order valence-corrected chi connectivity index (χ3v) is 1.54. The van der Waals surface area contributed by atoms with Gasteiger partial charge in [0.15, 0.2) is 0 Å². The zero-order chi connectivity index (χ0) is 8.97. The van der Waals surface area contributed by atoms with Gasteiger partial charge in [0, 0.05) is 18.4 Å². The van der Waals surface area contributed by atoms with E-state index in [1.165, 1.54) is 0 Å². The predicted octanol–water partition coefficient (Wildman–Crippen LogP) is 1.63. The summed E-state index contributed by atoms with van der Waals surface area (Å²) >= 11 is 5.63. The minimum atomic E-state index is 0.448. The Morgan fingerprint density at radius 2 is 2.00 bits per heavy atom. The van der Waals surface area contributed by atoms with Crippen molar-refractivity contribution in [3.63, 3.8) is 0 Å². The van der Waals surface area contributed by atoms with Crippen molar-refractivity contribution in [1.29, 1.82) is 0 Å². The second-order valence-electron chi connectivity index (χ2n) is 2.85. The Labute approximate surface area is 77.2 Å². The molecule has 1 rings (SSSR count). The highest BCUT2D eigenvalue weighted by Gasteiger charge is 1.96. The molecule has 0 unspecified atom stereocenters. The molecule has 0 spiro atoms. The normalized spacial score (nSPS) is 10.7. The zero-order valence-electron chi connectivity index (χ0n) is 7.21. The first-order chi connectivity index (χ1) is 5.68. The summed E-state index contributed by atoms with van der Waals surface area (Å²) in [7, 11) is 0. The largest absolute Gasteiger partial charge is 0.308 e. The lowest BCUT2D eigenvalue weighted by atomic mass is 10.4. The number of halogens is 1. The maximum Gasteiger partial charge on any atom is 0.142 e. The fourth-order valence-corrected chi connectivity index (χ4v) is 0.823. The van der Waals surface area contributed by atoms with E-state index in [1.54, 1.807) is 12.4 Å². The zero-order valence-corrected chi connectivity index (χ0v) is 7.97. The minimum absolute atomic E-state index is 0.448. The van der Waals surface area contributed by atoms with E-state index in [1.807, 2.05) is 0 Å². The lowest BCUT2D eigenvalue weighted by Gasteiger charge is -2.05. The first-order valence-corrected chi connectivity index (χ1v) is 4.26. The molecular formula is C8H12ClN3. The van der Waals surface area contributed by atoms with Gasteiger partial charge >= 0.3 is 0 Å². The molecule has 1 N–H and O–H groups in total. The average Bonchev–Trinajstić information content (AvgIpc) is 2.03. The van der Waals surface area contributed by atoms with Gasteiger partial charge in [0.1, 0.15) is 5.82 Å². The van der Waals surface area contributed by atoms with E-state index in [4.69, 9.17) is 11.6 Å². The van der Waals surface area contributed by atoms with E-state index >= 15 is 0 Å². The van der Waals surface area contributed by atoms with Gasteiger partial charge in [0.25, 0.3) is 0 Å². The SMILES string of the molecule is CC(C)NCc1ncc(Cl)cn1. The average molecular weight is 186 g/mol. The second kappa shape index (κ2) is 4.38. The van der Waals surface area contributed by atoms with Gasteiger partial charge < -0.3 is 5.32 Å². The predicted molar refractivity (Wildman–Crippen MR) is 49.0 cm³/mol. The quantitative estimate of drug-likeness (QED) is 0.778. The molecule has 0 aliphatic rings. The molecule has 0 radical (unpaired) electrons. The maximum absolute atomic E-state index is 5.63. The highest BCUT2D eigenvalue weighted by atomic mass is 35.5. The van der Waals surface area contributed by atoms with Crippen LogP contribution in [0.4, 0.5) is 0 Å². The van der Waals surface area contributed by atoms with E-state index in [-0.39, 0.29) is 0 Å². The van der Waals surface area contributed by atoms with Gasteiger partial charge in [-0.25, -0.2) is 9.97 Å². The molecule has 0 amide bonds. The molecule has 0 aliphatic carbocycles. The van der Waals surface area contributed by atoms with Gasteiger partial charge in [-0.05, 0) is 0 Å². The first kappa shape index (κ1) is 9.42. The van der Waals surface area contributed by atoms with Crippen LogP contribution in [0, 0.1) is 0 Å². The van der Waals surface area contributed by atoms with Crippen molar-refractivity contribution in [2.75, 3.05) is 0 Å². The summed E-state index contributed by atoms with van der Waals surface area (Å²) < 4.78 is 0. The summed E-state index contributed by atoms with van der Waals surface area (Å²) in [6, 6.07) is 0.448. The molecule has 12 heavy (non-hydrogen) atoms. The molecule has 1 aromatic rings. The molecule has 4 heteroatoms. The Balaban J connectivity index is 2.48. The van der Waals surface area contributed by atoms with Crippen LogP contribution in [0.3, 0.4) is 0 Å². The Morgan fingerprint density at radius 3 is 2.50 bits per heavy atom. The number of aromatic nitrogens is 2. The van der Waals surface area contributed by atoms with Crippen LogP contribution in [0.15, 0.2) is 12.4 Å². The maximum atomic E-state index is 5.63. The van der Waals surface area contributed by atoms with Crippen LogP contribution in [-0.2, 0) is 6.54 Å². The topological polar surface area (TPSA) is 37.8 Å². The number of hydrogen-bond donors (Lipinski definition) is 1. The Morgan fingerprint density at radius 1 is 1.42 bits per heavy atom. The molecule has 66 valence electrons. The molecule has 0 aliphatic heterocycles. The molecule has 0 saturated heterocycles. The number of nitrogens with zero attached hydrogens (tertiary/aromatic N) is 2. The van der Waals surface area contributed by atoms with E-state index in [0.717, 1.165) is 5.82 Å². The fourth-order valence-electron chi connectivity index (χ4n) is 0.726. The third kappa shape index (κ3) is 3.15. The van der Waals surface area contributed by atoms with Gasteiger partial charge in [-0.15, -0.1) is 0 Å². The van der Waals surface area contributed by atoms with Crippen LogP contribution < -0.4 is 5.32 Å². The monoisotopic (exact) mass is 185 g/mol. The Kier molecular flexibility index (Phi) is 3.44. The van der Waals surface area contributed by atoms with Gasteiger partial charge in [0.2, 0.25) is 0 Å². The van der Waals surface area contributed by atoms with Crippen molar-refractivity contribution < 1.29 is 0 Å². The van der Waals surface area contributed by atoms with Crippen molar-refractivity contribution in [2.45, 2.75) is 26.4 Å². The van der Waals surface area contributed by atoms with Crippen molar-refractivity contribution in [3.8, 4) is 0 Å². The van der Waals surface area contributed by atoms with Gasteiger partial charge in [-0.3, -0.25) is 0 Å². The summed E-state index contributed by atoms with van der Waals surface area (Å²) in [5.41, 5.74) is 0. The summed E-state index contributed by atoms with van der Waals surface area (Å²) in [5.74, 6) is 0.771. The smallest absolute Gasteiger partial charge is 0.142 e. The van der Waals surface area contributed by atoms with E-state index < -0.39 is 0 Å². The van der Waals surface area contributed by atoms with Crippen molar-refractivity contribution in [1.82, 2.24) is 15.3 Å². The van der Waals surface area contributed by atoms with Crippen LogP contribution in [0.25, 0.3) is 0 Å². The summed E-state index contributed by atoms with van der Waals surface area (Å²) in [6.45, 7) is 4.85. The fraction of sp³-hybridized carbons (Fsp3) is 0.500. The molecule has 0 bridgehead atoms. The summed E-state index contributed by atoms with van der Waals surface area (Å²) in [6.07, 6.45) is 3.21. The number of rotatable bonds is 3. The van der Waals surface area contributed by atoms with Crippen LogP contribution in [0.5, 0.6) is 0 Å². The Bertz CT molecular complexity index is 233. The standard InChI is InChI=1S/C8H12ClN3/c1-6(2)10-5-8-11-3-7(9)4-12-8/h3-4,6,10H,5H2,1-2H3. The van der Waals surface area contributed by atoms with Crippen molar-refractivity contribution >= 4 is 11.6 Å². The van der Waals surface area contributed by atoms with Crippen molar-refractivity contribution in [2.24, 2.45) is 0 Å².